The Kier molecular flexibility index (Phi) is 5.21. The number of carbonyl (C=O) groups excluding carboxylic acids is 2. The number of hydrogen-bond acceptors (Lipinski definition) is 3. The first-order chi connectivity index (χ1) is 13.2. The van der Waals surface area contributed by atoms with Crippen LogP contribution in [-0.2, 0) is 17.7 Å². The molecule has 27 heavy (non-hydrogen) atoms. The molecule has 0 radical (unpaired) electrons. The maximum Gasteiger partial charge on any atom is 0.254 e. The van der Waals surface area contributed by atoms with E-state index in [0.29, 0.717) is 24.2 Å². The molecule has 1 atom stereocenters. The smallest absolute Gasteiger partial charge is 0.254 e. The summed E-state index contributed by atoms with van der Waals surface area (Å²) < 4.78 is 5.52. The Morgan fingerprint density at radius 3 is 2.52 bits per heavy atom. The van der Waals surface area contributed by atoms with Crippen LogP contribution in [0, 0.1) is 0 Å². The van der Waals surface area contributed by atoms with Crippen LogP contribution in [0.25, 0.3) is 0 Å². The van der Waals surface area contributed by atoms with Crippen LogP contribution < -0.4 is 5.32 Å². The molecule has 0 bridgehead atoms. The summed E-state index contributed by atoms with van der Waals surface area (Å²) in [5, 5.41) is 2.90. The number of fused-ring (bicyclic) bond motifs is 1. The summed E-state index contributed by atoms with van der Waals surface area (Å²) in [5.74, 6) is -0.118. The van der Waals surface area contributed by atoms with E-state index < -0.39 is 0 Å². The highest BCUT2D eigenvalue weighted by Gasteiger charge is 2.22. The lowest BCUT2D eigenvalue weighted by molar-refractivity contribution is 0.0734. The molecule has 1 N–H and O–H groups in total. The minimum atomic E-state index is -0.128. The third-order valence-corrected chi connectivity index (χ3v) is 5.33. The third-order valence-electron chi connectivity index (χ3n) is 5.33. The number of ether oxygens (including phenoxy) is 1. The molecule has 5 nitrogen and oxygen atoms in total. The number of benzene rings is 2. The van der Waals surface area contributed by atoms with E-state index in [1.54, 1.807) is 24.3 Å². The molecular weight excluding hydrogens is 340 g/mol. The Hall–Kier alpha value is -2.66. The molecule has 140 valence electrons. The van der Waals surface area contributed by atoms with Gasteiger partial charge in [-0.05, 0) is 54.7 Å². The molecule has 2 aromatic rings. The standard InChI is InChI=1S/C22H24N2O3/c25-21(23-14-20-6-3-13-27-20)17-7-9-18(10-8-17)22(26)24-12-11-16-4-1-2-5-19(16)15-24/h1-2,4-5,7-10,20H,3,6,11-15H2,(H,23,25). The highest BCUT2D eigenvalue weighted by atomic mass is 16.5. The molecule has 4 rings (SSSR count). The van der Waals surface area contributed by atoms with Gasteiger partial charge in [0.1, 0.15) is 0 Å². The Labute approximate surface area is 159 Å². The van der Waals surface area contributed by atoms with E-state index in [1.807, 2.05) is 17.0 Å². The van der Waals surface area contributed by atoms with Crippen LogP contribution in [0.3, 0.4) is 0 Å². The molecule has 0 aromatic heterocycles. The van der Waals surface area contributed by atoms with Crippen molar-refractivity contribution in [3.05, 3.63) is 70.8 Å². The summed E-state index contributed by atoms with van der Waals surface area (Å²) in [6.07, 6.45) is 3.05. The van der Waals surface area contributed by atoms with Crippen LogP contribution in [0.1, 0.15) is 44.7 Å². The van der Waals surface area contributed by atoms with E-state index in [9.17, 15) is 9.59 Å². The predicted octanol–water partition coefficient (Wildman–Crippen LogP) is 2.79. The summed E-state index contributed by atoms with van der Waals surface area (Å²) in [4.78, 5) is 26.9. The molecule has 1 fully saturated rings. The van der Waals surface area contributed by atoms with Crippen molar-refractivity contribution in [3.63, 3.8) is 0 Å². The number of amides is 2. The van der Waals surface area contributed by atoms with Gasteiger partial charge in [0.2, 0.25) is 0 Å². The zero-order valence-corrected chi connectivity index (χ0v) is 15.3. The fourth-order valence-corrected chi connectivity index (χ4v) is 3.73. The van der Waals surface area contributed by atoms with E-state index >= 15 is 0 Å². The second kappa shape index (κ2) is 7.92. The molecule has 2 aromatic carbocycles. The molecule has 2 heterocycles. The van der Waals surface area contributed by atoms with E-state index in [0.717, 1.165) is 32.4 Å². The van der Waals surface area contributed by atoms with Gasteiger partial charge in [0.15, 0.2) is 0 Å². The van der Waals surface area contributed by atoms with Crippen LogP contribution in [0.4, 0.5) is 0 Å². The highest BCUT2D eigenvalue weighted by Crippen LogP contribution is 2.20. The van der Waals surface area contributed by atoms with Crippen molar-refractivity contribution >= 4 is 11.8 Å². The van der Waals surface area contributed by atoms with Gasteiger partial charge < -0.3 is 15.0 Å². The topological polar surface area (TPSA) is 58.6 Å². The van der Waals surface area contributed by atoms with Gasteiger partial charge in [-0.2, -0.15) is 0 Å². The fourth-order valence-electron chi connectivity index (χ4n) is 3.73. The second-order valence-corrected chi connectivity index (χ2v) is 7.17. The number of rotatable bonds is 4. The van der Waals surface area contributed by atoms with E-state index in [-0.39, 0.29) is 17.9 Å². The minimum absolute atomic E-state index is 0.0100. The first-order valence-electron chi connectivity index (χ1n) is 9.56. The Balaban J connectivity index is 1.37. The third kappa shape index (κ3) is 4.03. The molecule has 5 heteroatoms. The fraction of sp³-hybridized carbons (Fsp3) is 0.364. The molecule has 1 unspecified atom stereocenters. The number of carbonyl (C=O) groups is 2. The summed E-state index contributed by atoms with van der Waals surface area (Å²) in [6, 6.07) is 15.2. The average Bonchev–Trinajstić information content (AvgIpc) is 3.25. The van der Waals surface area contributed by atoms with Crippen LogP contribution in [0.15, 0.2) is 48.5 Å². The van der Waals surface area contributed by atoms with Crippen molar-refractivity contribution < 1.29 is 14.3 Å². The van der Waals surface area contributed by atoms with Gasteiger partial charge in [0.25, 0.3) is 11.8 Å². The molecule has 2 amide bonds. The first kappa shape index (κ1) is 17.7. The highest BCUT2D eigenvalue weighted by molar-refractivity contribution is 5.97. The van der Waals surface area contributed by atoms with Crippen molar-refractivity contribution in [1.29, 1.82) is 0 Å². The van der Waals surface area contributed by atoms with Gasteiger partial charge in [-0.25, -0.2) is 0 Å². The van der Waals surface area contributed by atoms with Gasteiger partial charge in [-0.1, -0.05) is 24.3 Å². The lowest BCUT2D eigenvalue weighted by Crippen LogP contribution is -2.36. The first-order valence-corrected chi connectivity index (χ1v) is 9.56. The molecular formula is C22H24N2O3. The molecule has 0 spiro atoms. The quantitative estimate of drug-likeness (QED) is 0.908. The van der Waals surface area contributed by atoms with E-state index in [2.05, 4.69) is 17.4 Å². The summed E-state index contributed by atoms with van der Waals surface area (Å²) in [6.45, 7) is 2.67. The van der Waals surface area contributed by atoms with E-state index in [1.165, 1.54) is 11.1 Å². The van der Waals surface area contributed by atoms with E-state index in [4.69, 9.17) is 4.74 Å². The van der Waals surface area contributed by atoms with Gasteiger partial charge in [0, 0.05) is 37.4 Å². The van der Waals surface area contributed by atoms with Crippen LogP contribution in [0.5, 0.6) is 0 Å². The SMILES string of the molecule is O=C(NCC1CCCO1)c1ccc(C(=O)N2CCc3ccccc3C2)cc1. The minimum Gasteiger partial charge on any atom is -0.376 e. The zero-order valence-electron chi connectivity index (χ0n) is 15.3. The van der Waals surface area contributed by atoms with Crippen molar-refractivity contribution in [3.8, 4) is 0 Å². The second-order valence-electron chi connectivity index (χ2n) is 7.17. The van der Waals surface area contributed by atoms with Crippen LogP contribution in [-0.4, -0.2) is 42.5 Å². The Bertz CT molecular complexity index is 826. The number of hydrogen-bond donors (Lipinski definition) is 1. The Morgan fingerprint density at radius 1 is 1.04 bits per heavy atom. The summed E-state index contributed by atoms with van der Waals surface area (Å²) in [5.41, 5.74) is 3.71. The molecule has 1 saturated heterocycles. The predicted molar refractivity (Wildman–Crippen MR) is 103 cm³/mol. The number of nitrogens with zero attached hydrogens (tertiary/aromatic N) is 1. The summed E-state index contributed by atoms with van der Waals surface area (Å²) in [7, 11) is 0. The van der Waals surface area contributed by atoms with Gasteiger partial charge >= 0.3 is 0 Å². The largest absolute Gasteiger partial charge is 0.376 e. The average molecular weight is 364 g/mol. The van der Waals surface area contributed by atoms with Crippen molar-refractivity contribution in [2.24, 2.45) is 0 Å². The maximum atomic E-state index is 12.8. The van der Waals surface area contributed by atoms with Gasteiger partial charge in [0.05, 0.1) is 6.10 Å². The van der Waals surface area contributed by atoms with Crippen molar-refractivity contribution in [2.75, 3.05) is 19.7 Å². The van der Waals surface area contributed by atoms with Crippen LogP contribution in [0.2, 0.25) is 0 Å². The Morgan fingerprint density at radius 2 is 1.78 bits per heavy atom. The lowest BCUT2D eigenvalue weighted by atomic mass is 9.99. The van der Waals surface area contributed by atoms with Crippen LogP contribution >= 0.6 is 0 Å². The van der Waals surface area contributed by atoms with Gasteiger partial charge in [-0.3, -0.25) is 9.59 Å². The zero-order chi connectivity index (χ0) is 18.6. The molecule has 0 saturated carbocycles. The molecule has 2 aliphatic heterocycles. The maximum absolute atomic E-state index is 12.8. The number of nitrogens with one attached hydrogen (secondary N) is 1. The van der Waals surface area contributed by atoms with Crippen molar-refractivity contribution in [2.45, 2.75) is 31.9 Å². The lowest BCUT2D eigenvalue weighted by Gasteiger charge is -2.29. The molecule has 2 aliphatic rings. The molecule has 0 aliphatic carbocycles. The normalized spacial score (nSPS) is 18.8. The van der Waals surface area contributed by atoms with Crippen molar-refractivity contribution in [1.82, 2.24) is 10.2 Å². The monoisotopic (exact) mass is 364 g/mol. The summed E-state index contributed by atoms with van der Waals surface area (Å²) >= 11 is 0. The van der Waals surface area contributed by atoms with Gasteiger partial charge in [-0.15, -0.1) is 0 Å².